The van der Waals surface area contributed by atoms with Crippen LogP contribution in [0.25, 0.3) is 0 Å². The van der Waals surface area contributed by atoms with Crippen molar-refractivity contribution in [3.05, 3.63) is 29.8 Å². The maximum absolute atomic E-state index is 11.5. The Morgan fingerprint density at radius 3 is 2.44 bits per heavy atom. The number of primary amides is 1. The Kier molecular flexibility index (Phi) is 4.71. The maximum Gasteiger partial charge on any atom is 0.318 e. The lowest BCUT2D eigenvalue weighted by Gasteiger charge is -2.15. The van der Waals surface area contributed by atoms with E-state index in [4.69, 9.17) is 5.73 Å². The van der Waals surface area contributed by atoms with Crippen molar-refractivity contribution in [1.29, 1.82) is 0 Å². The van der Waals surface area contributed by atoms with Gasteiger partial charge in [-0.05, 0) is 30.5 Å². The van der Waals surface area contributed by atoms with Crippen molar-refractivity contribution in [1.82, 2.24) is 5.32 Å². The van der Waals surface area contributed by atoms with E-state index in [1.807, 2.05) is 29.6 Å². The molecule has 0 aliphatic carbocycles. The number of amides is 3. The van der Waals surface area contributed by atoms with Crippen molar-refractivity contribution in [2.45, 2.75) is 32.7 Å². The molecule has 1 atom stereocenters. The van der Waals surface area contributed by atoms with Gasteiger partial charge >= 0.3 is 6.03 Å². The minimum Gasteiger partial charge on any atom is -0.374 e. The lowest BCUT2D eigenvalue weighted by atomic mass is 10.0. The third-order valence-corrected chi connectivity index (χ3v) is 2.58. The third kappa shape index (κ3) is 4.08. The molecule has 0 aliphatic rings. The molecule has 0 heterocycles. The third-order valence-electron chi connectivity index (χ3n) is 2.58. The van der Waals surface area contributed by atoms with Crippen LogP contribution in [0.1, 0.15) is 32.3 Å². The van der Waals surface area contributed by atoms with Gasteiger partial charge in [0.1, 0.15) is 6.04 Å². The van der Waals surface area contributed by atoms with Crippen LogP contribution in [0.4, 0.5) is 10.5 Å². The molecule has 98 valence electrons. The number of hydrogen-bond acceptors (Lipinski definition) is 3. The molecular formula is C13H19N3O2. The lowest BCUT2D eigenvalue weighted by Crippen LogP contribution is -2.43. The number of nitrogens with one attached hydrogen (secondary N) is 2. The molecule has 1 aromatic carbocycles. The fourth-order valence-corrected chi connectivity index (χ4v) is 1.53. The molecule has 1 rings (SSSR count). The van der Waals surface area contributed by atoms with Crippen LogP contribution in [0, 0.1) is 0 Å². The first-order valence-corrected chi connectivity index (χ1v) is 5.87. The number of urea groups is 1. The van der Waals surface area contributed by atoms with Crippen molar-refractivity contribution < 1.29 is 9.59 Å². The van der Waals surface area contributed by atoms with Gasteiger partial charge in [-0.15, -0.1) is 0 Å². The van der Waals surface area contributed by atoms with Crippen LogP contribution in [-0.4, -0.2) is 18.0 Å². The second kappa shape index (κ2) is 6.05. The molecule has 0 fully saturated rings. The van der Waals surface area contributed by atoms with Crippen LogP contribution in [0.15, 0.2) is 24.3 Å². The summed E-state index contributed by atoms with van der Waals surface area (Å²) in [5.74, 6) is -0.0287. The maximum atomic E-state index is 11.5. The normalized spacial score (nSPS) is 12.0. The molecule has 1 aromatic rings. The Morgan fingerprint density at radius 2 is 1.89 bits per heavy atom. The van der Waals surface area contributed by atoms with E-state index in [1.54, 1.807) is 6.92 Å². The Labute approximate surface area is 107 Å². The predicted octanol–water partition coefficient (Wildman–Crippen LogP) is 1.81. The van der Waals surface area contributed by atoms with Crippen LogP contribution in [0.5, 0.6) is 0 Å². The van der Waals surface area contributed by atoms with E-state index in [0.717, 1.165) is 5.69 Å². The highest BCUT2D eigenvalue weighted by molar-refractivity contribution is 5.97. The van der Waals surface area contributed by atoms with Gasteiger partial charge in [0, 0.05) is 5.69 Å². The highest BCUT2D eigenvalue weighted by Gasteiger charge is 2.14. The molecule has 1 unspecified atom stereocenters. The monoisotopic (exact) mass is 249 g/mol. The second-order valence-electron chi connectivity index (χ2n) is 4.50. The van der Waals surface area contributed by atoms with E-state index < -0.39 is 18.0 Å². The zero-order valence-corrected chi connectivity index (χ0v) is 10.9. The molecule has 0 aromatic heterocycles. The topological polar surface area (TPSA) is 84.2 Å². The fourth-order valence-electron chi connectivity index (χ4n) is 1.53. The Hall–Kier alpha value is -2.04. The van der Waals surface area contributed by atoms with Crippen LogP contribution in [0.3, 0.4) is 0 Å². The van der Waals surface area contributed by atoms with E-state index in [2.05, 4.69) is 19.2 Å². The van der Waals surface area contributed by atoms with Gasteiger partial charge in [-0.1, -0.05) is 26.0 Å². The van der Waals surface area contributed by atoms with E-state index in [0.29, 0.717) is 5.92 Å². The molecule has 5 heteroatoms. The molecule has 0 saturated carbocycles. The number of nitrogens with two attached hydrogens (primary N) is 1. The molecule has 0 bridgehead atoms. The van der Waals surface area contributed by atoms with Crippen LogP contribution >= 0.6 is 0 Å². The van der Waals surface area contributed by atoms with Gasteiger partial charge in [0.25, 0.3) is 0 Å². The number of rotatable bonds is 4. The van der Waals surface area contributed by atoms with E-state index >= 15 is 0 Å². The highest BCUT2D eigenvalue weighted by atomic mass is 16.2. The van der Waals surface area contributed by atoms with Crippen LogP contribution in [-0.2, 0) is 4.79 Å². The van der Waals surface area contributed by atoms with Crippen LogP contribution < -0.4 is 16.4 Å². The minimum absolute atomic E-state index is 0.418. The molecule has 0 saturated heterocycles. The van der Waals surface area contributed by atoms with Crippen LogP contribution in [0.2, 0.25) is 0 Å². The second-order valence-corrected chi connectivity index (χ2v) is 4.50. The SMILES string of the molecule is CC(Nc1cccc(C(C)C)c1)C(=O)NC(N)=O. The van der Waals surface area contributed by atoms with E-state index in [-0.39, 0.29) is 0 Å². The molecule has 5 nitrogen and oxygen atoms in total. The smallest absolute Gasteiger partial charge is 0.318 e. The first kappa shape index (κ1) is 14.0. The van der Waals surface area contributed by atoms with Gasteiger partial charge in [-0.25, -0.2) is 4.79 Å². The number of carbonyl (C=O) groups is 2. The fraction of sp³-hybridized carbons (Fsp3) is 0.385. The minimum atomic E-state index is -0.843. The molecular weight excluding hydrogens is 230 g/mol. The Bertz CT molecular complexity index is 444. The summed E-state index contributed by atoms with van der Waals surface area (Å²) in [5, 5.41) is 5.06. The lowest BCUT2D eigenvalue weighted by molar-refractivity contribution is -0.120. The predicted molar refractivity (Wildman–Crippen MR) is 71.3 cm³/mol. The van der Waals surface area contributed by atoms with Gasteiger partial charge in [0.15, 0.2) is 0 Å². The zero-order chi connectivity index (χ0) is 13.7. The van der Waals surface area contributed by atoms with Crippen molar-refractivity contribution in [2.75, 3.05) is 5.32 Å². The van der Waals surface area contributed by atoms with Gasteiger partial charge < -0.3 is 11.1 Å². The van der Waals surface area contributed by atoms with Gasteiger partial charge in [-0.3, -0.25) is 10.1 Å². The first-order chi connectivity index (χ1) is 8.40. The average molecular weight is 249 g/mol. The molecule has 0 spiro atoms. The Balaban J connectivity index is 2.69. The molecule has 18 heavy (non-hydrogen) atoms. The largest absolute Gasteiger partial charge is 0.374 e. The summed E-state index contributed by atoms with van der Waals surface area (Å²) in [6, 6.07) is 6.45. The summed E-state index contributed by atoms with van der Waals surface area (Å²) >= 11 is 0. The van der Waals surface area contributed by atoms with Gasteiger partial charge in [0.05, 0.1) is 0 Å². The van der Waals surface area contributed by atoms with Gasteiger partial charge in [-0.2, -0.15) is 0 Å². The summed E-state index contributed by atoms with van der Waals surface area (Å²) in [6.07, 6.45) is 0. The molecule has 0 radical (unpaired) electrons. The van der Waals surface area contributed by atoms with E-state index in [9.17, 15) is 9.59 Å². The number of imide groups is 1. The average Bonchev–Trinajstić information content (AvgIpc) is 2.28. The van der Waals surface area contributed by atoms with Gasteiger partial charge in [0.2, 0.25) is 5.91 Å². The Morgan fingerprint density at radius 1 is 1.22 bits per heavy atom. The number of anilines is 1. The highest BCUT2D eigenvalue weighted by Crippen LogP contribution is 2.18. The first-order valence-electron chi connectivity index (χ1n) is 5.87. The summed E-state index contributed by atoms with van der Waals surface area (Å²) < 4.78 is 0. The quantitative estimate of drug-likeness (QED) is 0.760. The zero-order valence-electron chi connectivity index (χ0n) is 10.9. The molecule has 0 aliphatic heterocycles. The summed E-state index contributed by atoms with van der Waals surface area (Å²) in [6.45, 7) is 5.87. The summed E-state index contributed by atoms with van der Waals surface area (Å²) in [4.78, 5) is 22.1. The number of hydrogen-bond donors (Lipinski definition) is 3. The van der Waals surface area contributed by atoms with E-state index in [1.165, 1.54) is 5.56 Å². The molecule has 3 amide bonds. The number of benzene rings is 1. The van der Waals surface area contributed by atoms with Crippen molar-refractivity contribution in [3.63, 3.8) is 0 Å². The van der Waals surface area contributed by atoms with Crippen molar-refractivity contribution in [2.24, 2.45) is 5.73 Å². The molecule has 4 N–H and O–H groups in total. The summed E-state index contributed by atoms with van der Waals surface area (Å²) in [7, 11) is 0. The van der Waals surface area contributed by atoms with Crippen molar-refractivity contribution in [3.8, 4) is 0 Å². The summed E-state index contributed by atoms with van der Waals surface area (Å²) in [5.41, 5.74) is 6.91. The number of carbonyl (C=O) groups excluding carboxylic acids is 2. The standard InChI is InChI=1S/C13H19N3O2/c1-8(2)10-5-4-6-11(7-10)15-9(3)12(17)16-13(14)18/h4-9,15H,1-3H3,(H3,14,16,17,18). The van der Waals surface area contributed by atoms with Crippen molar-refractivity contribution >= 4 is 17.6 Å².